The first-order valence-electron chi connectivity index (χ1n) is 19.0. The molecule has 28 nitrogen and oxygen atoms in total. The number of carboxylic acid groups (broad SMARTS) is 3. The van der Waals surface area contributed by atoms with Crippen molar-refractivity contribution in [1.29, 1.82) is 0 Å². The summed E-state index contributed by atoms with van der Waals surface area (Å²) in [4.78, 5) is 153. The number of hydrogen-bond donors (Lipinski definition) is 14. The Labute approximate surface area is 353 Å². The molecule has 0 spiro atoms. The highest BCUT2D eigenvalue weighted by molar-refractivity contribution is 5.98. The molecule has 1 aliphatic heterocycles. The molecule has 346 valence electrons. The van der Waals surface area contributed by atoms with Gasteiger partial charge in [-0.25, -0.2) is 0 Å². The molecule has 7 atom stereocenters. The molecule has 18 N–H and O–H groups in total. The number of nitrogens with one attached hydrogen (secondary N) is 7. The first-order chi connectivity index (χ1) is 28.9. The molecule has 0 bridgehead atoms. The smallest absolute Gasteiger partial charge is 0.322 e. The van der Waals surface area contributed by atoms with E-state index in [4.69, 9.17) is 33.1 Å². The summed E-state index contributed by atoms with van der Waals surface area (Å²) < 4.78 is 0. The number of likely N-dealkylation sites (tertiary alicyclic amines) is 1. The van der Waals surface area contributed by atoms with Crippen molar-refractivity contribution in [3.05, 3.63) is 0 Å². The summed E-state index contributed by atoms with van der Waals surface area (Å²) in [5.74, 6) is -13.0. The Morgan fingerprint density at radius 2 is 1.26 bits per heavy atom. The number of aliphatic imine (C=N–C) groups is 1. The van der Waals surface area contributed by atoms with Crippen LogP contribution in [-0.2, 0) is 57.5 Å². The molecule has 0 aromatic heterocycles. The molecule has 0 aromatic carbocycles. The maximum atomic E-state index is 13.6. The lowest BCUT2D eigenvalue weighted by Gasteiger charge is -2.29. The van der Waals surface area contributed by atoms with Crippen LogP contribution in [0.5, 0.6) is 0 Å². The van der Waals surface area contributed by atoms with Gasteiger partial charge in [-0.3, -0.25) is 62.5 Å². The molecular weight excluding hydrogens is 830 g/mol. The largest absolute Gasteiger partial charge is 0.481 e. The number of aliphatic carboxylic acids is 3. The van der Waals surface area contributed by atoms with Gasteiger partial charge in [-0.05, 0) is 46.0 Å². The Balaban J connectivity index is 3.02. The van der Waals surface area contributed by atoms with Crippen molar-refractivity contribution in [2.75, 3.05) is 26.2 Å². The number of guanidine groups is 1. The number of nitrogens with zero attached hydrogens (tertiary/aromatic N) is 2. The van der Waals surface area contributed by atoms with Crippen molar-refractivity contribution in [1.82, 2.24) is 42.1 Å². The van der Waals surface area contributed by atoms with Gasteiger partial charge in [0.25, 0.3) is 0 Å². The summed E-state index contributed by atoms with van der Waals surface area (Å²) >= 11 is 0. The van der Waals surface area contributed by atoms with E-state index in [0.717, 1.165) is 11.8 Å². The number of hydrogen-bond acceptors (Lipinski definition) is 14. The zero-order valence-corrected chi connectivity index (χ0v) is 34.0. The topological polar surface area (TPSA) is 469 Å². The van der Waals surface area contributed by atoms with Crippen LogP contribution in [0.25, 0.3) is 0 Å². The van der Waals surface area contributed by atoms with E-state index >= 15 is 0 Å². The van der Waals surface area contributed by atoms with Crippen LogP contribution in [0, 0.1) is 0 Å². The number of carbonyl (C=O) groups is 12. The molecular formula is C34H55N13O15. The number of carboxylic acids is 3. The predicted molar refractivity (Wildman–Crippen MR) is 210 cm³/mol. The van der Waals surface area contributed by atoms with Crippen LogP contribution in [0.15, 0.2) is 4.99 Å². The van der Waals surface area contributed by atoms with Gasteiger partial charge in [0.05, 0.1) is 25.4 Å². The van der Waals surface area contributed by atoms with Gasteiger partial charge in [0.15, 0.2) is 5.96 Å². The predicted octanol–water partition coefficient (Wildman–Crippen LogP) is -7.65. The van der Waals surface area contributed by atoms with Crippen LogP contribution in [-0.4, -0.2) is 166 Å². The molecule has 28 heteroatoms. The van der Waals surface area contributed by atoms with Gasteiger partial charge in [-0.2, -0.15) is 0 Å². The Bertz CT molecular complexity index is 1740. The minimum Gasteiger partial charge on any atom is -0.481 e. The van der Waals surface area contributed by atoms with Crippen molar-refractivity contribution in [2.24, 2.45) is 27.9 Å². The lowest BCUT2D eigenvalue weighted by atomic mass is 10.1. The summed E-state index contributed by atoms with van der Waals surface area (Å²) in [7, 11) is 0. The fourth-order valence-corrected chi connectivity index (χ4v) is 5.67. The lowest BCUT2D eigenvalue weighted by Crippen LogP contribution is -2.58. The standard InChI is InChI=1S/C34H55N13O15/c1-15(27(56)41-14-26(54)55)43-32(61)21-6-4-10-47(21)33(62)19(7-8-22(36)48)44-23(49)13-40-30(59)20(12-25(52)53)46-28(57)16(2)42-31(60)18(5-3-9-39-34(37)38)45-29(58)17(35)11-24(50)51/h15-21H,3-14,35H2,1-2H3,(H2,36,48)(H,40,59)(H,41,56)(H,42,60)(H,43,61)(H,44,49)(H,45,58)(H,46,57)(H,50,51)(H,52,53)(H,54,55)(H4,37,38,39)/t15-,16-,17-,18-,19-,20-,21-/m0/s1. The maximum absolute atomic E-state index is 13.6. The van der Waals surface area contributed by atoms with Crippen LogP contribution in [0.3, 0.4) is 0 Å². The van der Waals surface area contributed by atoms with Gasteiger partial charge in [0.1, 0.15) is 42.8 Å². The highest BCUT2D eigenvalue weighted by Crippen LogP contribution is 2.20. The second-order valence-corrected chi connectivity index (χ2v) is 14.0. The highest BCUT2D eigenvalue weighted by Gasteiger charge is 2.39. The molecule has 0 radical (unpaired) electrons. The van der Waals surface area contributed by atoms with E-state index in [-0.39, 0.29) is 44.7 Å². The summed E-state index contributed by atoms with van der Waals surface area (Å²) in [5, 5.41) is 42.8. The van der Waals surface area contributed by atoms with E-state index in [2.05, 4.69) is 42.2 Å². The molecule has 1 fully saturated rings. The second kappa shape index (κ2) is 26.2. The van der Waals surface area contributed by atoms with Crippen LogP contribution >= 0.6 is 0 Å². The molecule has 0 aromatic rings. The molecule has 0 unspecified atom stereocenters. The third-order valence-corrected chi connectivity index (χ3v) is 8.81. The molecule has 0 saturated carbocycles. The highest BCUT2D eigenvalue weighted by atomic mass is 16.4. The number of primary amides is 1. The van der Waals surface area contributed by atoms with Crippen molar-refractivity contribution in [3.8, 4) is 0 Å². The van der Waals surface area contributed by atoms with Gasteiger partial charge in [0.2, 0.25) is 53.2 Å². The van der Waals surface area contributed by atoms with Crippen LogP contribution < -0.4 is 60.2 Å². The SMILES string of the molecule is C[C@H](NC(=O)[C@H](CCCN=C(N)N)NC(=O)[C@@H](N)CC(=O)O)C(=O)N[C@@H](CC(=O)O)C(=O)NCC(=O)N[C@@H](CCC(N)=O)C(=O)N1CCC[C@H]1C(=O)N[C@@H](C)C(=O)NCC(=O)O. The maximum Gasteiger partial charge on any atom is 0.322 e. The van der Waals surface area contributed by atoms with Crippen molar-refractivity contribution >= 4 is 77.0 Å². The monoisotopic (exact) mass is 885 g/mol. The Hall–Kier alpha value is -7.13. The van der Waals surface area contributed by atoms with Crippen molar-refractivity contribution < 1.29 is 72.9 Å². The normalized spacial score (nSPS) is 16.0. The second-order valence-electron chi connectivity index (χ2n) is 14.0. The average molecular weight is 886 g/mol. The van der Waals surface area contributed by atoms with Gasteiger partial charge in [-0.15, -0.1) is 0 Å². The summed E-state index contributed by atoms with van der Waals surface area (Å²) in [6.07, 6.45) is -2.04. The van der Waals surface area contributed by atoms with Crippen LogP contribution in [0.1, 0.15) is 65.2 Å². The summed E-state index contributed by atoms with van der Waals surface area (Å²) in [6.45, 7) is 0.901. The van der Waals surface area contributed by atoms with Gasteiger partial charge in [-0.1, -0.05) is 0 Å². The molecule has 9 amide bonds. The Morgan fingerprint density at radius 3 is 1.84 bits per heavy atom. The van der Waals surface area contributed by atoms with E-state index in [1.807, 2.05) is 0 Å². The van der Waals surface area contributed by atoms with Gasteiger partial charge >= 0.3 is 17.9 Å². The minimum atomic E-state index is -1.83. The molecule has 1 heterocycles. The molecule has 62 heavy (non-hydrogen) atoms. The number of nitrogens with two attached hydrogens (primary N) is 4. The third-order valence-electron chi connectivity index (χ3n) is 8.81. The van der Waals surface area contributed by atoms with E-state index in [9.17, 15) is 62.6 Å². The van der Waals surface area contributed by atoms with E-state index in [1.165, 1.54) is 6.92 Å². The van der Waals surface area contributed by atoms with Crippen LogP contribution in [0.2, 0.25) is 0 Å². The fraction of sp³-hybridized carbons (Fsp3) is 0.618. The van der Waals surface area contributed by atoms with E-state index in [0.29, 0.717) is 6.42 Å². The molecule has 1 rings (SSSR count). The Kier molecular flexibility index (Phi) is 22.3. The quantitative estimate of drug-likeness (QED) is 0.0207. The zero-order valence-electron chi connectivity index (χ0n) is 34.0. The fourth-order valence-electron chi connectivity index (χ4n) is 5.67. The first kappa shape index (κ1) is 52.9. The van der Waals surface area contributed by atoms with Gasteiger partial charge in [0, 0.05) is 19.5 Å². The average Bonchev–Trinajstić information content (AvgIpc) is 3.67. The van der Waals surface area contributed by atoms with Gasteiger partial charge < -0.3 is 80.4 Å². The summed E-state index contributed by atoms with van der Waals surface area (Å²) in [5.41, 5.74) is 21.4. The molecule has 0 aliphatic carbocycles. The van der Waals surface area contributed by atoms with Crippen LogP contribution in [0.4, 0.5) is 0 Å². The van der Waals surface area contributed by atoms with Crippen molar-refractivity contribution in [2.45, 2.75) is 108 Å². The number of rotatable bonds is 27. The van der Waals surface area contributed by atoms with E-state index in [1.54, 1.807) is 0 Å². The number of carbonyl (C=O) groups excluding carboxylic acids is 9. The number of amides is 9. The lowest BCUT2D eigenvalue weighted by molar-refractivity contribution is -0.142. The minimum absolute atomic E-state index is 0.0206. The summed E-state index contributed by atoms with van der Waals surface area (Å²) in [6, 6.07) is -10.0. The third kappa shape index (κ3) is 19.7. The Morgan fingerprint density at radius 1 is 0.661 bits per heavy atom. The molecule has 1 aliphatic rings. The van der Waals surface area contributed by atoms with E-state index < -0.39 is 146 Å². The molecule has 1 saturated heterocycles. The first-order valence-corrected chi connectivity index (χ1v) is 19.0. The zero-order chi connectivity index (χ0) is 47.3. The van der Waals surface area contributed by atoms with Crippen molar-refractivity contribution in [3.63, 3.8) is 0 Å².